The quantitative estimate of drug-likeness (QED) is 0.576. The molecule has 21 heavy (non-hydrogen) atoms. The zero-order valence-corrected chi connectivity index (χ0v) is 11.3. The molecule has 1 N–H and O–H groups in total. The average molecular weight is 285 g/mol. The van der Waals surface area contributed by atoms with Gasteiger partial charge < -0.3 is 9.40 Å². The van der Waals surface area contributed by atoms with E-state index >= 15 is 0 Å². The lowest BCUT2D eigenvalue weighted by Gasteiger charge is -2.00. The van der Waals surface area contributed by atoms with E-state index in [1.54, 1.807) is 26.0 Å². The lowest BCUT2D eigenvalue weighted by molar-refractivity contribution is -0.384. The molecule has 3 aromatic rings. The van der Waals surface area contributed by atoms with Gasteiger partial charge in [0.1, 0.15) is 17.0 Å². The smallest absolute Gasteiger partial charge is 0.270 e. The summed E-state index contributed by atoms with van der Waals surface area (Å²) in [7, 11) is 0. The van der Waals surface area contributed by atoms with E-state index in [-0.39, 0.29) is 17.0 Å². The number of fused-ring (bicyclic) bond motifs is 1. The van der Waals surface area contributed by atoms with Gasteiger partial charge in [0, 0.05) is 17.7 Å². The molecule has 1 aromatic carbocycles. The van der Waals surface area contributed by atoms with Crippen LogP contribution in [0.4, 0.5) is 5.69 Å². The fourth-order valence-electron chi connectivity index (χ4n) is 2.35. The number of nitro benzene ring substituents is 1. The number of hydrogen-bond acceptors (Lipinski definition) is 5. The highest BCUT2D eigenvalue weighted by Crippen LogP contribution is 2.33. The third kappa shape index (κ3) is 2.08. The molecular formula is C14H11N3O4. The first-order valence-electron chi connectivity index (χ1n) is 6.22. The summed E-state index contributed by atoms with van der Waals surface area (Å²) in [6.07, 6.45) is 0. The summed E-state index contributed by atoms with van der Waals surface area (Å²) < 4.78 is 5.51. The summed E-state index contributed by atoms with van der Waals surface area (Å²) in [4.78, 5) is 29.3. The zero-order valence-electron chi connectivity index (χ0n) is 11.3. The summed E-state index contributed by atoms with van der Waals surface area (Å²) >= 11 is 0. The molecule has 0 saturated heterocycles. The van der Waals surface area contributed by atoms with E-state index in [1.165, 1.54) is 12.1 Å². The van der Waals surface area contributed by atoms with E-state index in [2.05, 4.69) is 9.97 Å². The number of furan rings is 1. The van der Waals surface area contributed by atoms with Crippen LogP contribution < -0.4 is 5.56 Å². The predicted octanol–water partition coefficient (Wildman–Crippen LogP) is 2.71. The summed E-state index contributed by atoms with van der Waals surface area (Å²) in [6, 6.07) is 6.08. The molecule has 106 valence electrons. The van der Waals surface area contributed by atoms with Crippen molar-refractivity contribution in [2.45, 2.75) is 13.8 Å². The Hall–Kier alpha value is -2.96. The number of nitrogens with zero attached hydrogens (tertiary/aromatic N) is 2. The summed E-state index contributed by atoms with van der Waals surface area (Å²) in [5, 5.41) is 11.2. The van der Waals surface area contributed by atoms with Gasteiger partial charge in [-0.15, -0.1) is 0 Å². The molecule has 0 unspecified atom stereocenters. The molecule has 0 aliphatic carbocycles. The van der Waals surface area contributed by atoms with Crippen LogP contribution in [0.1, 0.15) is 11.6 Å². The highest BCUT2D eigenvalue weighted by molar-refractivity contribution is 5.93. The second-order valence-corrected chi connectivity index (χ2v) is 4.67. The summed E-state index contributed by atoms with van der Waals surface area (Å²) in [5.74, 6) is 0.945. The zero-order chi connectivity index (χ0) is 15.1. The van der Waals surface area contributed by atoms with Crippen LogP contribution in [0.15, 0.2) is 33.5 Å². The van der Waals surface area contributed by atoms with Gasteiger partial charge in [0.25, 0.3) is 11.2 Å². The van der Waals surface area contributed by atoms with Crippen molar-refractivity contribution >= 4 is 16.8 Å². The molecule has 2 aromatic heterocycles. The molecule has 0 fully saturated rings. The van der Waals surface area contributed by atoms with Crippen molar-refractivity contribution in [1.82, 2.24) is 9.97 Å². The molecular weight excluding hydrogens is 274 g/mol. The topological polar surface area (TPSA) is 102 Å². The van der Waals surface area contributed by atoms with Crippen molar-refractivity contribution in [1.29, 1.82) is 0 Å². The number of aromatic nitrogens is 2. The number of non-ortho nitro benzene ring substituents is 1. The fourth-order valence-corrected chi connectivity index (χ4v) is 2.35. The van der Waals surface area contributed by atoms with Crippen LogP contribution in [-0.2, 0) is 0 Å². The van der Waals surface area contributed by atoms with Gasteiger partial charge in [-0.25, -0.2) is 0 Å². The van der Waals surface area contributed by atoms with Gasteiger partial charge in [0.15, 0.2) is 0 Å². The molecule has 0 aliphatic rings. The van der Waals surface area contributed by atoms with E-state index in [9.17, 15) is 14.9 Å². The fraction of sp³-hybridized carbons (Fsp3) is 0.143. The maximum Gasteiger partial charge on any atom is 0.270 e. The molecule has 0 saturated carbocycles. The Morgan fingerprint density at radius 2 is 2.10 bits per heavy atom. The van der Waals surface area contributed by atoms with Crippen molar-refractivity contribution in [3.05, 3.63) is 56.3 Å². The largest absolute Gasteiger partial charge is 0.442 e. The molecule has 0 atom stereocenters. The van der Waals surface area contributed by atoms with Gasteiger partial charge in [0.05, 0.1) is 4.92 Å². The first-order chi connectivity index (χ1) is 9.97. The first-order valence-corrected chi connectivity index (χ1v) is 6.22. The monoisotopic (exact) mass is 285 g/mol. The van der Waals surface area contributed by atoms with Gasteiger partial charge >= 0.3 is 0 Å². The van der Waals surface area contributed by atoms with Gasteiger partial charge in [-0.05, 0) is 19.4 Å². The molecule has 0 bridgehead atoms. The lowest BCUT2D eigenvalue weighted by Crippen LogP contribution is -2.09. The summed E-state index contributed by atoms with van der Waals surface area (Å²) in [5.41, 5.74) is 0.947. The van der Waals surface area contributed by atoms with Crippen molar-refractivity contribution in [3.63, 3.8) is 0 Å². The van der Waals surface area contributed by atoms with Crippen molar-refractivity contribution in [2.24, 2.45) is 0 Å². The average Bonchev–Trinajstić information content (AvgIpc) is 2.75. The van der Waals surface area contributed by atoms with Gasteiger partial charge in [-0.1, -0.05) is 12.1 Å². The Labute approximate surface area is 118 Å². The van der Waals surface area contributed by atoms with E-state index in [1.807, 2.05) is 0 Å². The Kier molecular flexibility index (Phi) is 2.83. The van der Waals surface area contributed by atoms with Crippen molar-refractivity contribution in [2.75, 3.05) is 0 Å². The van der Waals surface area contributed by atoms with Crippen LogP contribution in [0.3, 0.4) is 0 Å². The minimum Gasteiger partial charge on any atom is -0.442 e. The minimum atomic E-state index is -0.478. The molecule has 3 rings (SSSR count). The van der Waals surface area contributed by atoms with E-state index in [0.29, 0.717) is 28.1 Å². The Balaban J connectivity index is 2.35. The number of H-pyrrole nitrogens is 1. The van der Waals surface area contributed by atoms with Gasteiger partial charge in [-0.3, -0.25) is 14.9 Å². The Bertz CT molecular complexity index is 924. The van der Waals surface area contributed by atoms with Crippen molar-refractivity contribution in [3.8, 4) is 11.1 Å². The SMILES string of the molecule is Cc1nc2oc(C)c(-c3cccc([N+](=O)[O-])c3)c2c(=O)[nH]1. The highest BCUT2D eigenvalue weighted by atomic mass is 16.6. The molecule has 0 aliphatic heterocycles. The van der Waals surface area contributed by atoms with Crippen LogP contribution in [0.25, 0.3) is 22.2 Å². The van der Waals surface area contributed by atoms with Gasteiger partial charge in [-0.2, -0.15) is 4.98 Å². The Morgan fingerprint density at radius 1 is 1.33 bits per heavy atom. The van der Waals surface area contributed by atoms with Gasteiger partial charge in [0.2, 0.25) is 5.71 Å². The number of nitro groups is 1. The maximum atomic E-state index is 12.1. The molecule has 7 nitrogen and oxygen atoms in total. The first kappa shape index (κ1) is 13.0. The maximum absolute atomic E-state index is 12.1. The molecule has 0 spiro atoms. The second-order valence-electron chi connectivity index (χ2n) is 4.67. The molecule has 2 heterocycles. The normalized spacial score (nSPS) is 11.0. The number of nitrogens with one attached hydrogen (secondary N) is 1. The van der Waals surface area contributed by atoms with E-state index in [0.717, 1.165) is 0 Å². The Morgan fingerprint density at radius 3 is 2.81 bits per heavy atom. The van der Waals surface area contributed by atoms with Crippen LogP contribution in [-0.4, -0.2) is 14.9 Å². The second kappa shape index (κ2) is 4.55. The molecule has 0 radical (unpaired) electrons. The lowest BCUT2D eigenvalue weighted by atomic mass is 10.0. The van der Waals surface area contributed by atoms with Crippen LogP contribution in [0, 0.1) is 24.0 Å². The van der Waals surface area contributed by atoms with Crippen LogP contribution >= 0.6 is 0 Å². The third-order valence-corrected chi connectivity index (χ3v) is 3.20. The minimum absolute atomic E-state index is 0.0438. The highest BCUT2D eigenvalue weighted by Gasteiger charge is 2.19. The predicted molar refractivity (Wildman–Crippen MR) is 76.2 cm³/mol. The molecule has 7 heteroatoms. The van der Waals surface area contributed by atoms with Crippen molar-refractivity contribution < 1.29 is 9.34 Å². The van der Waals surface area contributed by atoms with Crippen LogP contribution in [0.5, 0.6) is 0 Å². The third-order valence-electron chi connectivity index (χ3n) is 3.20. The number of aromatic amines is 1. The molecule has 0 amide bonds. The van der Waals surface area contributed by atoms with Crippen LogP contribution in [0.2, 0.25) is 0 Å². The van der Waals surface area contributed by atoms with E-state index in [4.69, 9.17) is 4.42 Å². The number of benzene rings is 1. The standard InChI is InChI=1S/C14H11N3O4/c1-7-11(9-4-3-5-10(6-9)17(19)20)12-13(18)15-8(2)16-14(12)21-7/h3-6H,1-2H3,(H,15,16,18). The number of hydrogen-bond donors (Lipinski definition) is 1. The number of aryl methyl sites for hydroxylation is 2. The van der Waals surface area contributed by atoms with E-state index < -0.39 is 4.92 Å². The number of rotatable bonds is 2. The summed E-state index contributed by atoms with van der Waals surface area (Å²) in [6.45, 7) is 3.36.